The number of thioether (sulfide) groups is 1. The Morgan fingerprint density at radius 3 is 2.82 bits per heavy atom. The zero-order valence-corrected chi connectivity index (χ0v) is 16.8. The molecule has 10 heteroatoms. The molecule has 2 atom stereocenters. The molecule has 0 spiro atoms. The van der Waals surface area contributed by atoms with Gasteiger partial charge < -0.3 is 9.64 Å². The van der Waals surface area contributed by atoms with E-state index < -0.39 is 11.5 Å². The van der Waals surface area contributed by atoms with Gasteiger partial charge in [-0.25, -0.2) is 14.0 Å². The standard InChI is InChI=1S/C18H25FN4O4S/c1-3-11(2)14-9-27-18(26)23(14)12-4-6-22(7-5-12)15(24)10-28-16-13(19)8-20-17(25)21-16/h8,11-12,14H,3-7,9-10H2,1-2H3,(H,20,21,25)/t11-,14+/m0/s1. The summed E-state index contributed by atoms with van der Waals surface area (Å²) in [5.74, 6) is -0.384. The lowest BCUT2D eigenvalue weighted by Gasteiger charge is -2.39. The van der Waals surface area contributed by atoms with Crippen LogP contribution in [0.15, 0.2) is 16.0 Å². The number of aromatic nitrogens is 2. The van der Waals surface area contributed by atoms with Crippen molar-refractivity contribution in [3.05, 3.63) is 22.5 Å². The average Bonchev–Trinajstić information content (AvgIpc) is 3.09. The lowest BCUT2D eigenvalue weighted by atomic mass is 9.95. The van der Waals surface area contributed by atoms with Crippen LogP contribution in [-0.4, -0.2) is 69.3 Å². The maximum atomic E-state index is 13.6. The topological polar surface area (TPSA) is 95.6 Å². The highest BCUT2D eigenvalue weighted by Crippen LogP contribution is 2.29. The van der Waals surface area contributed by atoms with Crippen LogP contribution in [0.2, 0.25) is 0 Å². The van der Waals surface area contributed by atoms with Gasteiger partial charge in [0.05, 0.1) is 18.0 Å². The van der Waals surface area contributed by atoms with Gasteiger partial charge in [-0.3, -0.25) is 14.7 Å². The first-order valence-electron chi connectivity index (χ1n) is 9.51. The summed E-state index contributed by atoms with van der Waals surface area (Å²) < 4.78 is 18.9. The molecule has 0 unspecified atom stereocenters. The Hall–Kier alpha value is -2.10. The fraction of sp³-hybridized carbons (Fsp3) is 0.667. The first-order chi connectivity index (χ1) is 13.4. The van der Waals surface area contributed by atoms with Crippen molar-refractivity contribution in [1.82, 2.24) is 19.8 Å². The third-order valence-corrected chi connectivity index (χ3v) is 6.51. The minimum Gasteiger partial charge on any atom is -0.447 e. The van der Waals surface area contributed by atoms with Crippen molar-refractivity contribution < 1.29 is 18.7 Å². The number of nitrogens with one attached hydrogen (secondary N) is 1. The predicted octanol–water partition coefficient (Wildman–Crippen LogP) is 1.86. The maximum absolute atomic E-state index is 13.6. The lowest BCUT2D eigenvalue weighted by Crippen LogP contribution is -2.51. The van der Waals surface area contributed by atoms with Crippen molar-refractivity contribution >= 4 is 23.8 Å². The van der Waals surface area contributed by atoms with Crippen molar-refractivity contribution in [2.24, 2.45) is 5.92 Å². The molecule has 8 nitrogen and oxygen atoms in total. The van der Waals surface area contributed by atoms with Crippen LogP contribution in [0.1, 0.15) is 33.1 Å². The molecule has 2 aliphatic heterocycles. The van der Waals surface area contributed by atoms with Crippen LogP contribution in [0.25, 0.3) is 0 Å². The normalized spacial score (nSPS) is 21.7. The molecule has 1 N–H and O–H groups in total. The molecule has 3 rings (SSSR count). The summed E-state index contributed by atoms with van der Waals surface area (Å²) in [5, 5.41) is 0.0134. The van der Waals surface area contributed by atoms with Gasteiger partial charge in [0.1, 0.15) is 11.6 Å². The molecule has 0 aromatic carbocycles. The van der Waals surface area contributed by atoms with Crippen molar-refractivity contribution in [3.63, 3.8) is 0 Å². The summed E-state index contributed by atoms with van der Waals surface area (Å²) in [6, 6.07) is 0.159. The largest absolute Gasteiger partial charge is 0.447 e. The number of cyclic esters (lactones) is 1. The maximum Gasteiger partial charge on any atom is 0.410 e. The van der Waals surface area contributed by atoms with Gasteiger partial charge in [-0.1, -0.05) is 32.0 Å². The number of carbonyl (C=O) groups is 2. The lowest BCUT2D eigenvalue weighted by molar-refractivity contribution is -0.129. The van der Waals surface area contributed by atoms with E-state index in [-0.39, 0.29) is 34.9 Å². The number of aromatic amines is 1. The number of rotatable bonds is 6. The molecule has 0 radical (unpaired) electrons. The molecule has 0 saturated carbocycles. The number of ether oxygens (including phenoxy) is 1. The third kappa shape index (κ3) is 4.48. The highest BCUT2D eigenvalue weighted by Gasteiger charge is 2.41. The minimum absolute atomic E-state index is 0.0134. The Morgan fingerprint density at radius 1 is 1.43 bits per heavy atom. The number of piperidine rings is 1. The predicted molar refractivity (Wildman–Crippen MR) is 102 cm³/mol. The summed E-state index contributed by atoms with van der Waals surface area (Å²) in [6.07, 6.45) is 2.94. The van der Waals surface area contributed by atoms with Gasteiger partial charge >= 0.3 is 11.8 Å². The van der Waals surface area contributed by atoms with Gasteiger partial charge in [-0.15, -0.1) is 0 Å². The first-order valence-corrected chi connectivity index (χ1v) is 10.5. The molecule has 0 bridgehead atoms. The number of hydrogen-bond donors (Lipinski definition) is 1. The fourth-order valence-electron chi connectivity index (χ4n) is 3.66. The second kappa shape index (κ2) is 8.93. The van der Waals surface area contributed by atoms with Crippen LogP contribution < -0.4 is 5.69 Å². The minimum atomic E-state index is -0.653. The van der Waals surface area contributed by atoms with Crippen LogP contribution in [-0.2, 0) is 9.53 Å². The van der Waals surface area contributed by atoms with Crippen LogP contribution in [0.3, 0.4) is 0 Å². The molecule has 2 fully saturated rings. The first kappa shape index (κ1) is 20.6. The van der Waals surface area contributed by atoms with Crippen molar-refractivity contribution in [2.45, 2.75) is 50.2 Å². The zero-order chi connectivity index (χ0) is 20.3. The van der Waals surface area contributed by atoms with E-state index in [1.807, 2.05) is 4.90 Å². The van der Waals surface area contributed by atoms with Gasteiger partial charge in [-0.2, -0.15) is 4.98 Å². The monoisotopic (exact) mass is 412 g/mol. The summed E-state index contributed by atoms with van der Waals surface area (Å²) >= 11 is 0.950. The Bertz CT molecular complexity index is 781. The Balaban J connectivity index is 1.53. The number of amides is 2. The number of carbonyl (C=O) groups excluding carboxylic acids is 2. The molecule has 3 heterocycles. The van der Waals surface area contributed by atoms with Crippen LogP contribution in [0.5, 0.6) is 0 Å². The Kier molecular flexibility index (Phi) is 6.58. The molecule has 0 aliphatic carbocycles. The van der Waals surface area contributed by atoms with Crippen LogP contribution in [0.4, 0.5) is 9.18 Å². The van der Waals surface area contributed by atoms with E-state index in [1.54, 1.807) is 4.90 Å². The van der Waals surface area contributed by atoms with Crippen LogP contribution in [0, 0.1) is 11.7 Å². The molecule has 2 aliphatic rings. The van der Waals surface area contributed by atoms with E-state index in [4.69, 9.17) is 4.74 Å². The van der Waals surface area contributed by atoms with E-state index in [9.17, 15) is 18.8 Å². The van der Waals surface area contributed by atoms with E-state index in [2.05, 4.69) is 23.8 Å². The van der Waals surface area contributed by atoms with Crippen molar-refractivity contribution in [2.75, 3.05) is 25.4 Å². The second-order valence-electron chi connectivity index (χ2n) is 7.20. The number of nitrogens with zero attached hydrogens (tertiary/aromatic N) is 3. The Morgan fingerprint density at radius 2 is 2.14 bits per heavy atom. The molecular weight excluding hydrogens is 387 g/mol. The second-order valence-corrected chi connectivity index (χ2v) is 8.19. The van der Waals surface area contributed by atoms with E-state index in [0.717, 1.165) is 24.4 Å². The van der Waals surface area contributed by atoms with E-state index in [0.29, 0.717) is 38.5 Å². The fourth-order valence-corrected chi connectivity index (χ4v) is 4.46. The third-order valence-electron chi connectivity index (χ3n) is 5.53. The molecule has 2 saturated heterocycles. The highest BCUT2D eigenvalue weighted by atomic mass is 32.2. The zero-order valence-electron chi connectivity index (χ0n) is 16.0. The number of H-pyrrole nitrogens is 1. The molecule has 28 heavy (non-hydrogen) atoms. The van der Waals surface area contributed by atoms with Gasteiger partial charge in [0.2, 0.25) is 5.91 Å². The van der Waals surface area contributed by atoms with Gasteiger partial charge in [0.15, 0.2) is 5.82 Å². The number of halogens is 1. The molecular formula is C18H25FN4O4S. The van der Waals surface area contributed by atoms with E-state index in [1.165, 1.54) is 0 Å². The van der Waals surface area contributed by atoms with E-state index >= 15 is 0 Å². The molecule has 154 valence electrons. The number of likely N-dealkylation sites (tertiary alicyclic amines) is 1. The average molecular weight is 412 g/mol. The van der Waals surface area contributed by atoms with Gasteiger partial charge in [-0.05, 0) is 18.8 Å². The van der Waals surface area contributed by atoms with Crippen LogP contribution >= 0.6 is 11.8 Å². The summed E-state index contributed by atoms with van der Waals surface area (Å²) in [5.41, 5.74) is -0.648. The highest BCUT2D eigenvalue weighted by molar-refractivity contribution is 7.99. The van der Waals surface area contributed by atoms with Crippen molar-refractivity contribution in [3.8, 4) is 0 Å². The Labute approximate surface area is 166 Å². The number of hydrogen-bond acceptors (Lipinski definition) is 6. The smallest absolute Gasteiger partial charge is 0.410 e. The van der Waals surface area contributed by atoms with Crippen molar-refractivity contribution in [1.29, 1.82) is 0 Å². The van der Waals surface area contributed by atoms with Gasteiger partial charge in [0.25, 0.3) is 0 Å². The SMILES string of the molecule is CC[C@H](C)[C@H]1COC(=O)N1C1CCN(C(=O)CSc2[nH]c(=O)ncc2F)CC1. The van der Waals surface area contributed by atoms with Gasteiger partial charge in [0, 0.05) is 19.1 Å². The summed E-state index contributed by atoms with van der Waals surface area (Å²) in [6.45, 7) is 5.73. The summed E-state index contributed by atoms with van der Waals surface area (Å²) in [7, 11) is 0. The summed E-state index contributed by atoms with van der Waals surface area (Å²) in [4.78, 5) is 45.0. The quantitative estimate of drug-likeness (QED) is 0.566. The molecule has 2 amide bonds. The molecule has 1 aromatic rings. The molecule has 1 aromatic heterocycles.